The number of carbonyl (C=O) groups excluding carboxylic acids is 1. The number of ether oxygens (including phenoxy) is 2. The topological polar surface area (TPSA) is 93.7 Å². The third-order valence-corrected chi connectivity index (χ3v) is 6.09. The van der Waals surface area contributed by atoms with Crippen LogP contribution >= 0.6 is 11.6 Å². The highest BCUT2D eigenvalue weighted by molar-refractivity contribution is 7.92. The number of rotatable bonds is 8. The van der Waals surface area contributed by atoms with E-state index in [4.69, 9.17) is 21.1 Å². The molecule has 0 heterocycles. The molecular weight excluding hydrogens is 440 g/mol. The van der Waals surface area contributed by atoms with Crippen LogP contribution in [0.3, 0.4) is 0 Å². The van der Waals surface area contributed by atoms with E-state index in [9.17, 15) is 13.2 Å². The second-order valence-electron chi connectivity index (χ2n) is 6.50. The number of halogens is 1. The van der Waals surface area contributed by atoms with Gasteiger partial charge in [-0.1, -0.05) is 23.7 Å². The summed E-state index contributed by atoms with van der Waals surface area (Å²) in [7, 11) is -0.884. The van der Waals surface area contributed by atoms with Gasteiger partial charge in [-0.25, -0.2) is 8.42 Å². The van der Waals surface area contributed by atoms with E-state index in [0.717, 1.165) is 5.56 Å². The van der Waals surface area contributed by atoms with Crippen LogP contribution in [0.15, 0.2) is 71.6 Å². The smallest absolute Gasteiger partial charge is 0.261 e. The molecule has 7 nitrogen and oxygen atoms in total. The van der Waals surface area contributed by atoms with Gasteiger partial charge in [-0.2, -0.15) is 0 Å². The SMILES string of the molecule is COc1ccc(CNC(=O)c2cc(OC)ccc2NS(=O)(=O)c2ccc(Cl)cc2)cc1. The quantitative estimate of drug-likeness (QED) is 0.528. The maximum absolute atomic E-state index is 12.9. The Kier molecular flexibility index (Phi) is 7.04. The second kappa shape index (κ2) is 9.72. The number of carbonyl (C=O) groups is 1. The molecule has 0 spiro atoms. The number of methoxy groups -OCH3 is 2. The summed E-state index contributed by atoms with van der Waals surface area (Å²) in [6, 6.07) is 17.5. The van der Waals surface area contributed by atoms with Crippen LogP contribution in [-0.2, 0) is 16.6 Å². The first-order valence-electron chi connectivity index (χ1n) is 9.20. The van der Waals surface area contributed by atoms with E-state index in [1.54, 1.807) is 25.3 Å². The number of nitrogens with one attached hydrogen (secondary N) is 2. The van der Waals surface area contributed by atoms with Crippen LogP contribution < -0.4 is 19.5 Å². The van der Waals surface area contributed by atoms with Gasteiger partial charge in [-0.05, 0) is 60.2 Å². The van der Waals surface area contributed by atoms with Crippen molar-refractivity contribution in [3.05, 3.63) is 82.9 Å². The fourth-order valence-electron chi connectivity index (χ4n) is 2.77. The average Bonchev–Trinajstić information content (AvgIpc) is 2.78. The van der Waals surface area contributed by atoms with Crippen LogP contribution in [0.25, 0.3) is 0 Å². The van der Waals surface area contributed by atoms with Gasteiger partial charge in [0.2, 0.25) is 0 Å². The second-order valence-corrected chi connectivity index (χ2v) is 8.62. The molecule has 0 saturated carbocycles. The lowest BCUT2D eigenvalue weighted by molar-refractivity contribution is 0.0951. The van der Waals surface area contributed by atoms with E-state index >= 15 is 0 Å². The minimum Gasteiger partial charge on any atom is -0.497 e. The lowest BCUT2D eigenvalue weighted by Crippen LogP contribution is -2.25. The number of sulfonamides is 1. The van der Waals surface area contributed by atoms with Crippen LogP contribution in [0.5, 0.6) is 11.5 Å². The number of hydrogen-bond acceptors (Lipinski definition) is 5. The average molecular weight is 461 g/mol. The zero-order chi connectivity index (χ0) is 22.4. The molecule has 0 aliphatic heterocycles. The molecule has 3 aromatic carbocycles. The van der Waals surface area contributed by atoms with Crippen LogP contribution in [-0.4, -0.2) is 28.5 Å². The third-order valence-electron chi connectivity index (χ3n) is 4.45. The van der Waals surface area contributed by atoms with E-state index in [-0.39, 0.29) is 22.7 Å². The molecule has 0 aromatic heterocycles. The predicted octanol–water partition coefficient (Wildman–Crippen LogP) is 4.09. The Labute approximate surface area is 186 Å². The summed E-state index contributed by atoms with van der Waals surface area (Å²) in [6.07, 6.45) is 0. The van der Waals surface area contributed by atoms with Crippen molar-refractivity contribution >= 4 is 33.2 Å². The fraction of sp³-hybridized carbons (Fsp3) is 0.136. The molecule has 2 N–H and O–H groups in total. The monoisotopic (exact) mass is 460 g/mol. The van der Waals surface area contributed by atoms with E-state index < -0.39 is 15.9 Å². The molecule has 0 atom stereocenters. The maximum Gasteiger partial charge on any atom is 0.261 e. The minimum absolute atomic E-state index is 0.0253. The van der Waals surface area contributed by atoms with Crippen LogP contribution in [0.4, 0.5) is 5.69 Å². The highest BCUT2D eigenvalue weighted by Gasteiger charge is 2.19. The van der Waals surface area contributed by atoms with Crippen LogP contribution in [0.1, 0.15) is 15.9 Å². The van der Waals surface area contributed by atoms with Gasteiger partial charge in [0.25, 0.3) is 15.9 Å². The molecule has 0 unspecified atom stereocenters. The minimum atomic E-state index is -3.92. The van der Waals surface area contributed by atoms with Crippen molar-refractivity contribution in [3.63, 3.8) is 0 Å². The van der Waals surface area contributed by atoms with Crippen molar-refractivity contribution in [3.8, 4) is 11.5 Å². The van der Waals surface area contributed by atoms with Crippen LogP contribution in [0.2, 0.25) is 5.02 Å². The van der Waals surface area contributed by atoms with E-state index in [1.807, 2.05) is 12.1 Å². The molecular formula is C22H21ClN2O5S. The van der Waals surface area contributed by atoms with E-state index in [0.29, 0.717) is 16.5 Å². The summed E-state index contributed by atoms with van der Waals surface area (Å²) in [5, 5.41) is 3.21. The summed E-state index contributed by atoms with van der Waals surface area (Å²) in [5.74, 6) is 0.675. The number of amides is 1. The zero-order valence-electron chi connectivity index (χ0n) is 16.9. The molecule has 3 rings (SSSR count). The van der Waals surface area contributed by atoms with Gasteiger partial charge < -0.3 is 14.8 Å². The zero-order valence-corrected chi connectivity index (χ0v) is 18.5. The first kappa shape index (κ1) is 22.5. The first-order valence-corrected chi connectivity index (χ1v) is 11.1. The van der Waals surface area contributed by atoms with Gasteiger partial charge >= 0.3 is 0 Å². The van der Waals surface area contributed by atoms with E-state index in [1.165, 1.54) is 43.5 Å². The fourth-order valence-corrected chi connectivity index (χ4v) is 3.97. The molecule has 0 bridgehead atoms. The standard InChI is InChI=1S/C22H21ClN2O5S/c1-29-17-7-3-15(4-8-17)14-24-22(26)20-13-18(30-2)9-12-21(20)25-31(27,28)19-10-5-16(23)6-11-19/h3-13,25H,14H2,1-2H3,(H,24,26). The molecule has 1 amide bonds. The Morgan fingerprint density at radius 1 is 0.903 bits per heavy atom. The molecule has 9 heteroatoms. The van der Waals surface area contributed by atoms with Crippen molar-refractivity contribution in [2.24, 2.45) is 0 Å². The van der Waals surface area contributed by atoms with Crippen molar-refractivity contribution in [1.29, 1.82) is 0 Å². The Morgan fingerprint density at radius 3 is 2.13 bits per heavy atom. The van der Waals surface area contributed by atoms with Crippen molar-refractivity contribution in [2.45, 2.75) is 11.4 Å². The van der Waals surface area contributed by atoms with Crippen molar-refractivity contribution in [2.75, 3.05) is 18.9 Å². The lowest BCUT2D eigenvalue weighted by Gasteiger charge is -2.14. The summed E-state index contributed by atoms with van der Waals surface area (Å²) >= 11 is 5.84. The summed E-state index contributed by atoms with van der Waals surface area (Å²) < 4.78 is 38.3. The van der Waals surface area contributed by atoms with Gasteiger partial charge in [0.15, 0.2) is 0 Å². The predicted molar refractivity (Wildman–Crippen MR) is 119 cm³/mol. The van der Waals surface area contributed by atoms with Crippen LogP contribution in [0, 0.1) is 0 Å². The molecule has 0 fully saturated rings. The molecule has 0 radical (unpaired) electrons. The van der Waals surface area contributed by atoms with Gasteiger partial charge in [0, 0.05) is 11.6 Å². The Hall–Kier alpha value is -3.23. The molecule has 162 valence electrons. The molecule has 0 saturated heterocycles. The highest BCUT2D eigenvalue weighted by atomic mass is 35.5. The van der Waals surface area contributed by atoms with Gasteiger partial charge in [0.05, 0.1) is 30.4 Å². The Balaban J connectivity index is 1.83. The van der Waals surface area contributed by atoms with Crippen molar-refractivity contribution in [1.82, 2.24) is 5.32 Å². The van der Waals surface area contributed by atoms with E-state index in [2.05, 4.69) is 10.0 Å². The van der Waals surface area contributed by atoms with Gasteiger partial charge in [-0.3, -0.25) is 9.52 Å². The number of hydrogen-bond donors (Lipinski definition) is 2. The van der Waals surface area contributed by atoms with Gasteiger partial charge in [0.1, 0.15) is 11.5 Å². The van der Waals surface area contributed by atoms with Crippen molar-refractivity contribution < 1.29 is 22.7 Å². The summed E-state index contributed by atoms with van der Waals surface area (Å²) in [4.78, 5) is 12.9. The van der Waals surface area contributed by atoms with Gasteiger partial charge in [-0.15, -0.1) is 0 Å². The Bertz CT molecular complexity index is 1160. The summed E-state index contributed by atoms with van der Waals surface area (Å²) in [6.45, 7) is 0.253. The number of benzene rings is 3. The largest absolute Gasteiger partial charge is 0.497 e. The number of anilines is 1. The lowest BCUT2D eigenvalue weighted by atomic mass is 10.1. The Morgan fingerprint density at radius 2 is 1.52 bits per heavy atom. The third kappa shape index (κ3) is 5.68. The molecule has 0 aliphatic rings. The molecule has 31 heavy (non-hydrogen) atoms. The maximum atomic E-state index is 12.9. The summed E-state index contributed by atoms with van der Waals surface area (Å²) in [5.41, 5.74) is 1.12. The molecule has 0 aliphatic carbocycles. The molecule has 3 aromatic rings. The highest BCUT2D eigenvalue weighted by Crippen LogP contribution is 2.25. The normalized spacial score (nSPS) is 10.9. The first-order chi connectivity index (χ1) is 14.8.